The van der Waals surface area contributed by atoms with Gasteiger partial charge in [0.05, 0.1) is 0 Å². The van der Waals surface area contributed by atoms with Crippen molar-refractivity contribution >= 4 is 0 Å². The molecule has 16 heavy (non-hydrogen) atoms. The summed E-state index contributed by atoms with van der Waals surface area (Å²) in [6, 6.07) is 0.646. The van der Waals surface area contributed by atoms with Crippen LogP contribution in [0.2, 0.25) is 0 Å². The van der Waals surface area contributed by atoms with Gasteiger partial charge in [0, 0.05) is 24.7 Å². The van der Waals surface area contributed by atoms with Crippen LogP contribution in [0.5, 0.6) is 0 Å². The quantitative estimate of drug-likeness (QED) is 0.783. The van der Waals surface area contributed by atoms with Crippen LogP contribution in [-0.4, -0.2) is 61.7 Å². The predicted molar refractivity (Wildman–Crippen MR) is 70.9 cm³/mol. The molecule has 0 aromatic heterocycles. The molecule has 1 rings (SSSR count). The summed E-state index contributed by atoms with van der Waals surface area (Å²) in [7, 11) is 4.34. The number of nitrogens with one attached hydrogen (secondary N) is 1. The Morgan fingerprint density at radius 2 is 2.06 bits per heavy atom. The first-order valence-electron chi connectivity index (χ1n) is 6.59. The van der Waals surface area contributed by atoms with Crippen LogP contribution in [0, 0.1) is 0 Å². The van der Waals surface area contributed by atoms with Crippen molar-refractivity contribution in [1.82, 2.24) is 15.1 Å². The second-order valence-corrected chi connectivity index (χ2v) is 5.88. The van der Waals surface area contributed by atoms with Gasteiger partial charge in [-0.3, -0.25) is 4.90 Å². The van der Waals surface area contributed by atoms with E-state index in [4.69, 9.17) is 0 Å². The van der Waals surface area contributed by atoms with Crippen LogP contribution in [0.3, 0.4) is 0 Å². The second-order valence-electron chi connectivity index (χ2n) is 5.88. The molecular formula is C13H29N3. The van der Waals surface area contributed by atoms with E-state index < -0.39 is 0 Å². The number of rotatable bonds is 4. The highest BCUT2D eigenvalue weighted by atomic mass is 15.3. The summed E-state index contributed by atoms with van der Waals surface area (Å²) >= 11 is 0. The Hall–Kier alpha value is -0.120. The van der Waals surface area contributed by atoms with Crippen molar-refractivity contribution in [1.29, 1.82) is 0 Å². The average molecular weight is 227 g/mol. The first-order chi connectivity index (χ1) is 7.47. The number of likely N-dealkylation sites (N-methyl/N-ethyl adjacent to an activating group) is 1. The maximum atomic E-state index is 3.58. The van der Waals surface area contributed by atoms with Gasteiger partial charge in [-0.15, -0.1) is 0 Å². The molecule has 1 aliphatic rings. The maximum absolute atomic E-state index is 3.58. The lowest BCUT2D eigenvalue weighted by molar-refractivity contribution is 0.0641. The van der Waals surface area contributed by atoms with Crippen molar-refractivity contribution in [3.63, 3.8) is 0 Å². The standard InChI is InChI=1S/C13H29N3/c1-6-9-16-12(11-15(4)5)10-14-8-7-13(16,2)3/h12,14H,6-11H2,1-5H3. The number of hydrogen-bond donors (Lipinski definition) is 1. The Morgan fingerprint density at radius 3 is 2.62 bits per heavy atom. The molecule has 0 bridgehead atoms. The largest absolute Gasteiger partial charge is 0.315 e. The van der Waals surface area contributed by atoms with Gasteiger partial charge in [0.15, 0.2) is 0 Å². The molecule has 1 saturated heterocycles. The SMILES string of the molecule is CCCN1C(CN(C)C)CNCCC1(C)C. The average Bonchev–Trinajstić information content (AvgIpc) is 2.29. The normalized spacial score (nSPS) is 27.0. The summed E-state index contributed by atoms with van der Waals surface area (Å²) in [4.78, 5) is 5.00. The molecule has 0 saturated carbocycles. The molecule has 3 nitrogen and oxygen atoms in total. The van der Waals surface area contributed by atoms with E-state index in [0.29, 0.717) is 11.6 Å². The Morgan fingerprint density at radius 1 is 1.38 bits per heavy atom. The van der Waals surface area contributed by atoms with Crippen molar-refractivity contribution in [3.05, 3.63) is 0 Å². The molecule has 0 radical (unpaired) electrons. The van der Waals surface area contributed by atoms with Gasteiger partial charge in [0.25, 0.3) is 0 Å². The molecule has 96 valence electrons. The lowest BCUT2D eigenvalue weighted by Crippen LogP contribution is -2.54. The summed E-state index contributed by atoms with van der Waals surface area (Å²) in [5.74, 6) is 0. The van der Waals surface area contributed by atoms with E-state index in [1.54, 1.807) is 0 Å². The smallest absolute Gasteiger partial charge is 0.0352 e. The molecule has 1 N–H and O–H groups in total. The highest BCUT2D eigenvalue weighted by Crippen LogP contribution is 2.24. The van der Waals surface area contributed by atoms with Crippen molar-refractivity contribution in [3.8, 4) is 0 Å². The Labute approximate surface area is 101 Å². The van der Waals surface area contributed by atoms with E-state index in [1.807, 2.05) is 0 Å². The lowest BCUT2D eigenvalue weighted by Gasteiger charge is -2.42. The van der Waals surface area contributed by atoms with Gasteiger partial charge in [-0.25, -0.2) is 0 Å². The zero-order chi connectivity index (χ0) is 12.2. The third-order valence-electron chi connectivity index (χ3n) is 3.55. The van der Waals surface area contributed by atoms with Gasteiger partial charge < -0.3 is 10.2 Å². The summed E-state index contributed by atoms with van der Waals surface area (Å²) < 4.78 is 0. The van der Waals surface area contributed by atoms with Crippen LogP contribution in [-0.2, 0) is 0 Å². The van der Waals surface area contributed by atoms with Crippen molar-refractivity contribution in [2.45, 2.75) is 45.2 Å². The summed E-state index contributed by atoms with van der Waals surface area (Å²) in [5.41, 5.74) is 0.334. The van der Waals surface area contributed by atoms with Gasteiger partial charge in [-0.1, -0.05) is 6.92 Å². The molecule has 3 heteroatoms. The minimum atomic E-state index is 0.334. The third kappa shape index (κ3) is 3.72. The zero-order valence-electron chi connectivity index (χ0n) is 11.7. The maximum Gasteiger partial charge on any atom is 0.0352 e. The van der Waals surface area contributed by atoms with Crippen LogP contribution in [0.25, 0.3) is 0 Å². The first kappa shape index (κ1) is 13.9. The fraction of sp³-hybridized carbons (Fsp3) is 1.00. The molecule has 1 unspecified atom stereocenters. The van der Waals surface area contributed by atoms with Crippen LogP contribution in [0.4, 0.5) is 0 Å². The summed E-state index contributed by atoms with van der Waals surface area (Å²) in [6.45, 7) is 11.7. The molecule has 1 heterocycles. The molecule has 1 aliphatic heterocycles. The minimum absolute atomic E-state index is 0.334. The second kappa shape index (κ2) is 5.99. The molecule has 0 amide bonds. The first-order valence-corrected chi connectivity index (χ1v) is 6.59. The summed E-state index contributed by atoms with van der Waals surface area (Å²) in [5, 5.41) is 3.58. The molecule has 0 aromatic carbocycles. The zero-order valence-corrected chi connectivity index (χ0v) is 11.7. The van der Waals surface area contributed by atoms with E-state index in [1.165, 1.54) is 19.4 Å². The van der Waals surface area contributed by atoms with E-state index >= 15 is 0 Å². The Kier molecular flexibility index (Phi) is 5.22. The molecule has 0 aliphatic carbocycles. The molecule has 0 spiro atoms. The van der Waals surface area contributed by atoms with Crippen LogP contribution in [0.1, 0.15) is 33.6 Å². The third-order valence-corrected chi connectivity index (χ3v) is 3.55. The minimum Gasteiger partial charge on any atom is -0.315 e. The predicted octanol–water partition coefficient (Wildman–Crippen LogP) is 1.40. The number of nitrogens with zero attached hydrogens (tertiary/aromatic N) is 2. The highest BCUT2D eigenvalue weighted by Gasteiger charge is 2.33. The van der Waals surface area contributed by atoms with E-state index in [9.17, 15) is 0 Å². The topological polar surface area (TPSA) is 18.5 Å². The molecule has 1 atom stereocenters. The Bertz CT molecular complexity index is 201. The van der Waals surface area contributed by atoms with Crippen molar-refractivity contribution in [2.75, 3.05) is 40.3 Å². The van der Waals surface area contributed by atoms with E-state index in [-0.39, 0.29) is 0 Å². The van der Waals surface area contributed by atoms with Gasteiger partial charge in [0.1, 0.15) is 0 Å². The Balaban J connectivity index is 2.75. The van der Waals surface area contributed by atoms with Gasteiger partial charge >= 0.3 is 0 Å². The van der Waals surface area contributed by atoms with Crippen LogP contribution < -0.4 is 5.32 Å². The van der Waals surface area contributed by atoms with Crippen LogP contribution >= 0.6 is 0 Å². The van der Waals surface area contributed by atoms with Crippen LogP contribution in [0.15, 0.2) is 0 Å². The number of hydrogen-bond acceptors (Lipinski definition) is 3. The molecular weight excluding hydrogens is 198 g/mol. The lowest BCUT2D eigenvalue weighted by atomic mass is 9.96. The molecule has 0 aromatic rings. The van der Waals surface area contributed by atoms with Gasteiger partial charge in [-0.2, -0.15) is 0 Å². The van der Waals surface area contributed by atoms with E-state index in [0.717, 1.165) is 19.6 Å². The van der Waals surface area contributed by atoms with Gasteiger partial charge in [0.2, 0.25) is 0 Å². The van der Waals surface area contributed by atoms with Crippen molar-refractivity contribution < 1.29 is 0 Å². The highest BCUT2D eigenvalue weighted by molar-refractivity contribution is 4.91. The monoisotopic (exact) mass is 227 g/mol. The molecule has 1 fully saturated rings. The van der Waals surface area contributed by atoms with Gasteiger partial charge in [-0.05, 0) is 53.9 Å². The van der Waals surface area contributed by atoms with E-state index in [2.05, 4.69) is 50.0 Å². The fourth-order valence-electron chi connectivity index (χ4n) is 2.72. The fourth-order valence-corrected chi connectivity index (χ4v) is 2.72. The summed E-state index contributed by atoms with van der Waals surface area (Å²) in [6.07, 6.45) is 2.49. The van der Waals surface area contributed by atoms with Crippen molar-refractivity contribution in [2.24, 2.45) is 0 Å².